The Labute approximate surface area is 161 Å². The van der Waals surface area contributed by atoms with Gasteiger partial charge in [-0.25, -0.2) is 14.2 Å². The minimum atomic E-state index is -1.06. The van der Waals surface area contributed by atoms with Crippen molar-refractivity contribution < 1.29 is 28.2 Å². The first-order valence-electron chi connectivity index (χ1n) is 8.91. The van der Waals surface area contributed by atoms with Crippen LogP contribution in [0.25, 0.3) is 0 Å². The molecule has 0 radical (unpaired) electrons. The third-order valence-corrected chi connectivity index (χ3v) is 4.37. The van der Waals surface area contributed by atoms with Crippen molar-refractivity contribution >= 4 is 11.9 Å². The summed E-state index contributed by atoms with van der Waals surface area (Å²) in [5.74, 6) is -1.19. The summed E-state index contributed by atoms with van der Waals surface area (Å²) >= 11 is 0. The van der Waals surface area contributed by atoms with Gasteiger partial charge in [-0.1, -0.05) is 12.1 Å². The molecule has 28 heavy (non-hydrogen) atoms. The SMILES string of the molecule is COC(=O)[C@@H](NC(=O)c1ccc(OC2CCOCC2)nc1)c1ccc(F)cc1. The van der Waals surface area contributed by atoms with Gasteiger partial charge in [-0.15, -0.1) is 0 Å². The molecule has 1 saturated heterocycles. The minimum Gasteiger partial charge on any atom is -0.474 e. The zero-order valence-electron chi connectivity index (χ0n) is 15.4. The van der Waals surface area contributed by atoms with Crippen LogP contribution in [-0.4, -0.2) is 43.3 Å². The second kappa shape index (κ2) is 9.27. The Hall–Kier alpha value is -3.00. The molecule has 1 fully saturated rings. The third-order valence-electron chi connectivity index (χ3n) is 4.37. The lowest BCUT2D eigenvalue weighted by Gasteiger charge is -2.22. The maximum absolute atomic E-state index is 13.1. The number of carbonyl (C=O) groups excluding carboxylic acids is 2. The number of nitrogens with one attached hydrogen (secondary N) is 1. The number of pyridine rings is 1. The summed E-state index contributed by atoms with van der Waals surface area (Å²) < 4.78 is 28.9. The third kappa shape index (κ3) is 5.04. The van der Waals surface area contributed by atoms with Crippen molar-refractivity contribution in [2.75, 3.05) is 20.3 Å². The smallest absolute Gasteiger partial charge is 0.333 e. The van der Waals surface area contributed by atoms with Gasteiger partial charge in [-0.05, 0) is 23.8 Å². The number of hydrogen-bond donors (Lipinski definition) is 1. The molecule has 1 aromatic carbocycles. The Morgan fingerprint density at radius 2 is 1.89 bits per heavy atom. The van der Waals surface area contributed by atoms with Crippen LogP contribution >= 0.6 is 0 Å². The molecule has 0 unspecified atom stereocenters. The van der Waals surface area contributed by atoms with Crippen molar-refractivity contribution in [2.24, 2.45) is 0 Å². The minimum absolute atomic E-state index is 0.0445. The van der Waals surface area contributed by atoms with Gasteiger partial charge in [0.15, 0.2) is 6.04 Å². The maximum atomic E-state index is 13.1. The van der Waals surface area contributed by atoms with E-state index in [1.165, 1.54) is 37.6 Å². The summed E-state index contributed by atoms with van der Waals surface area (Å²) in [6.07, 6.45) is 3.01. The lowest BCUT2D eigenvalue weighted by atomic mass is 10.1. The molecular formula is C20H21FN2O5. The molecule has 1 aliphatic heterocycles. The Balaban J connectivity index is 1.67. The molecule has 8 heteroatoms. The lowest BCUT2D eigenvalue weighted by molar-refractivity contribution is -0.143. The average molecular weight is 388 g/mol. The number of esters is 1. The predicted molar refractivity (Wildman–Crippen MR) is 97.3 cm³/mol. The summed E-state index contributed by atoms with van der Waals surface area (Å²) in [6.45, 7) is 1.31. The quantitative estimate of drug-likeness (QED) is 0.765. The molecule has 1 N–H and O–H groups in total. The van der Waals surface area contributed by atoms with E-state index in [2.05, 4.69) is 10.3 Å². The monoisotopic (exact) mass is 388 g/mol. The number of aromatic nitrogens is 1. The number of ether oxygens (including phenoxy) is 3. The van der Waals surface area contributed by atoms with Gasteiger partial charge in [0.05, 0.1) is 25.9 Å². The first kappa shape index (κ1) is 19.8. The van der Waals surface area contributed by atoms with Gasteiger partial charge < -0.3 is 19.5 Å². The molecule has 0 aliphatic carbocycles. The standard InChI is InChI=1S/C20H21FN2O5/c1-26-20(25)18(13-2-5-15(21)6-3-13)23-19(24)14-4-7-17(22-12-14)28-16-8-10-27-11-9-16/h2-7,12,16,18H,8-11H2,1H3,(H,23,24)/t18-/m0/s1. The lowest BCUT2D eigenvalue weighted by Crippen LogP contribution is -2.34. The van der Waals surface area contributed by atoms with E-state index >= 15 is 0 Å². The molecular weight excluding hydrogens is 367 g/mol. The Morgan fingerprint density at radius 3 is 2.50 bits per heavy atom. The second-order valence-corrected chi connectivity index (χ2v) is 6.30. The average Bonchev–Trinajstić information content (AvgIpc) is 2.73. The summed E-state index contributed by atoms with van der Waals surface area (Å²) in [6, 6.07) is 7.37. The molecule has 0 spiro atoms. The number of hydrogen-bond acceptors (Lipinski definition) is 6. The highest BCUT2D eigenvalue weighted by molar-refractivity contribution is 5.96. The molecule has 0 bridgehead atoms. The Bertz CT molecular complexity index is 804. The van der Waals surface area contributed by atoms with Gasteiger partial charge in [0.2, 0.25) is 5.88 Å². The zero-order chi connectivity index (χ0) is 19.9. The number of nitrogens with zero attached hydrogens (tertiary/aromatic N) is 1. The summed E-state index contributed by atoms with van der Waals surface area (Å²) in [5, 5.41) is 2.59. The van der Waals surface area contributed by atoms with E-state index < -0.39 is 23.7 Å². The van der Waals surface area contributed by atoms with Crippen molar-refractivity contribution in [3.05, 3.63) is 59.5 Å². The fraction of sp³-hybridized carbons (Fsp3) is 0.350. The molecule has 0 saturated carbocycles. The molecule has 2 heterocycles. The van der Waals surface area contributed by atoms with Crippen molar-refractivity contribution in [2.45, 2.75) is 25.0 Å². The molecule has 148 valence electrons. The van der Waals surface area contributed by atoms with Crippen LogP contribution in [-0.2, 0) is 14.3 Å². The maximum Gasteiger partial charge on any atom is 0.333 e. The number of rotatable bonds is 6. The topological polar surface area (TPSA) is 86.8 Å². The van der Waals surface area contributed by atoms with E-state index in [4.69, 9.17) is 14.2 Å². The van der Waals surface area contributed by atoms with Crippen LogP contribution in [0.3, 0.4) is 0 Å². The van der Waals surface area contributed by atoms with Gasteiger partial charge in [-0.3, -0.25) is 4.79 Å². The molecule has 1 atom stereocenters. The molecule has 3 rings (SSSR count). The Kier molecular flexibility index (Phi) is 6.54. The molecule has 1 amide bonds. The highest BCUT2D eigenvalue weighted by atomic mass is 19.1. The van der Waals surface area contributed by atoms with Crippen LogP contribution in [0.15, 0.2) is 42.6 Å². The van der Waals surface area contributed by atoms with Gasteiger partial charge in [0, 0.05) is 25.1 Å². The largest absolute Gasteiger partial charge is 0.474 e. The van der Waals surface area contributed by atoms with Crippen molar-refractivity contribution in [3.8, 4) is 5.88 Å². The zero-order valence-corrected chi connectivity index (χ0v) is 15.4. The van der Waals surface area contributed by atoms with Crippen LogP contribution in [0.1, 0.15) is 34.8 Å². The van der Waals surface area contributed by atoms with Gasteiger partial charge in [-0.2, -0.15) is 0 Å². The van der Waals surface area contributed by atoms with E-state index in [1.807, 2.05) is 0 Å². The molecule has 1 aliphatic rings. The van der Waals surface area contributed by atoms with E-state index in [0.717, 1.165) is 12.8 Å². The molecule has 1 aromatic heterocycles. The van der Waals surface area contributed by atoms with Gasteiger partial charge in [0.25, 0.3) is 5.91 Å². The highest BCUT2D eigenvalue weighted by Gasteiger charge is 2.24. The van der Waals surface area contributed by atoms with Crippen LogP contribution in [0.4, 0.5) is 4.39 Å². The van der Waals surface area contributed by atoms with E-state index in [-0.39, 0.29) is 11.7 Å². The van der Waals surface area contributed by atoms with Crippen LogP contribution in [0.5, 0.6) is 5.88 Å². The fourth-order valence-corrected chi connectivity index (χ4v) is 2.81. The summed E-state index contributed by atoms with van der Waals surface area (Å²) in [7, 11) is 1.22. The normalized spacial score (nSPS) is 15.5. The highest BCUT2D eigenvalue weighted by Crippen LogP contribution is 2.18. The van der Waals surface area contributed by atoms with Gasteiger partial charge in [0.1, 0.15) is 11.9 Å². The van der Waals surface area contributed by atoms with E-state index in [0.29, 0.717) is 24.7 Å². The van der Waals surface area contributed by atoms with E-state index in [9.17, 15) is 14.0 Å². The molecule has 7 nitrogen and oxygen atoms in total. The Morgan fingerprint density at radius 1 is 1.18 bits per heavy atom. The predicted octanol–water partition coefficient (Wildman–Crippen LogP) is 2.42. The van der Waals surface area contributed by atoms with Crippen molar-refractivity contribution in [1.29, 1.82) is 0 Å². The second-order valence-electron chi connectivity index (χ2n) is 6.30. The summed E-state index contributed by atoms with van der Waals surface area (Å²) in [4.78, 5) is 28.8. The summed E-state index contributed by atoms with van der Waals surface area (Å²) in [5.41, 5.74) is 0.671. The fourth-order valence-electron chi connectivity index (χ4n) is 2.81. The van der Waals surface area contributed by atoms with Gasteiger partial charge >= 0.3 is 5.97 Å². The first-order valence-corrected chi connectivity index (χ1v) is 8.91. The van der Waals surface area contributed by atoms with Crippen molar-refractivity contribution in [3.63, 3.8) is 0 Å². The number of methoxy groups -OCH3 is 1. The number of amides is 1. The number of carbonyl (C=O) groups is 2. The van der Waals surface area contributed by atoms with Crippen LogP contribution in [0, 0.1) is 5.82 Å². The molecule has 2 aromatic rings. The van der Waals surface area contributed by atoms with Crippen LogP contribution < -0.4 is 10.1 Å². The van der Waals surface area contributed by atoms with Crippen molar-refractivity contribution in [1.82, 2.24) is 10.3 Å². The van der Waals surface area contributed by atoms with E-state index in [1.54, 1.807) is 12.1 Å². The first-order chi connectivity index (χ1) is 13.6. The van der Waals surface area contributed by atoms with Crippen LogP contribution in [0.2, 0.25) is 0 Å². The number of benzene rings is 1. The number of halogens is 1.